The summed E-state index contributed by atoms with van der Waals surface area (Å²) in [5.74, 6) is 0.492. The zero-order chi connectivity index (χ0) is 13.4. The normalized spacial score (nSPS) is 18.6. The van der Waals surface area contributed by atoms with Crippen LogP contribution in [0.15, 0.2) is 30.5 Å². The lowest BCUT2D eigenvalue weighted by Gasteiger charge is -2.15. The van der Waals surface area contributed by atoms with E-state index in [0.29, 0.717) is 5.92 Å². The molecule has 0 fully saturated rings. The van der Waals surface area contributed by atoms with E-state index in [-0.39, 0.29) is 6.04 Å². The first-order valence-electron chi connectivity index (χ1n) is 7.10. The lowest BCUT2D eigenvalue weighted by Crippen LogP contribution is -2.15. The molecular formula is C16H21N3. The Bertz CT molecular complexity index is 583. The minimum Gasteiger partial charge on any atom is -0.324 e. The largest absolute Gasteiger partial charge is 0.324 e. The average molecular weight is 255 g/mol. The molecule has 0 radical (unpaired) electrons. The first kappa shape index (κ1) is 12.4. The van der Waals surface area contributed by atoms with Crippen LogP contribution in [0.25, 0.3) is 5.69 Å². The first-order chi connectivity index (χ1) is 9.16. The highest BCUT2D eigenvalue weighted by Crippen LogP contribution is 2.29. The van der Waals surface area contributed by atoms with Crippen molar-refractivity contribution in [2.45, 2.75) is 45.1 Å². The molecule has 1 aromatic carbocycles. The molecule has 1 heterocycles. The minimum absolute atomic E-state index is 0.156. The van der Waals surface area contributed by atoms with Crippen molar-refractivity contribution in [1.82, 2.24) is 9.78 Å². The molecule has 0 amide bonds. The molecule has 1 unspecified atom stereocenters. The summed E-state index contributed by atoms with van der Waals surface area (Å²) < 4.78 is 2.02. The van der Waals surface area contributed by atoms with Crippen LogP contribution in [-0.2, 0) is 6.42 Å². The molecule has 1 atom stereocenters. The summed E-state index contributed by atoms with van der Waals surface area (Å²) in [6.07, 6.45) is 5.40. The monoisotopic (exact) mass is 255 g/mol. The van der Waals surface area contributed by atoms with Gasteiger partial charge in [0, 0.05) is 17.8 Å². The minimum atomic E-state index is 0.156. The fourth-order valence-electron chi connectivity index (χ4n) is 2.88. The fraction of sp³-hybridized carbons (Fsp3) is 0.438. The van der Waals surface area contributed by atoms with E-state index in [1.165, 1.54) is 22.5 Å². The molecule has 1 aliphatic carbocycles. The van der Waals surface area contributed by atoms with Gasteiger partial charge < -0.3 is 5.73 Å². The standard InChI is InChI=1S/C16H21N3/c1-11(2)12-6-3-4-9-16(12)19-10-13-14(17)7-5-8-15(13)18-19/h3-4,6,9-11,14H,5,7-8,17H2,1-2H3. The highest BCUT2D eigenvalue weighted by Gasteiger charge is 2.21. The quantitative estimate of drug-likeness (QED) is 0.894. The Kier molecular flexibility index (Phi) is 3.15. The molecule has 2 N–H and O–H groups in total. The van der Waals surface area contributed by atoms with Crippen molar-refractivity contribution in [2.24, 2.45) is 5.73 Å². The molecule has 100 valence electrons. The third kappa shape index (κ3) is 2.19. The maximum atomic E-state index is 6.18. The van der Waals surface area contributed by atoms with Crippen molar-refractivity contribution >= 4 is 0 Å². The van der Waals surface area contributed by atoms with Crippen LogP contribution in [0.5, 0.6) is 0 Å². The number of fused-ring (bicyclic) bond motifs is 1. The van der Waals surface area contributed by atoms with Crippen molar-refractivity contribution < 1.29 is 0 Å². The summed E-state index contributed by atoms with van der Waals surface area (Å²) in [4.78, 5) is 0. The van der Waals surface area contributed by atoms with Crippen LogP contribution in [0, 0.1) is 0 Å². The van der Waals surface area contributed by atoms with Gasteiger partial charge in [-0.3, -0.25) is 0 Å². The lowest BCUT2D eigenvalue weighted by atomic mass is 9.94. The number of nitrogens with zero attached hydrogens (tertiary/aromatic N) is 2. The Balaban J connectivity index is 2.08. The van der Waals surface area contributed by atoms with Crippen molar-refractivity contribution in [3.8, 4) is 5.69 Å². The van der Waals surface area contributed by atoms with Crippen LogP contribution in [0.2, 0.25) is 0 Å². The van der Waals surface area contributed by atoms with Gasteiger partial charge in [-0.15, -0.1) is 0 Å². The van der Waals surface area contributed by atoms with Gasteiger partial charge in [0.05, 0.1) is 11.4 Å². The number of rotatable bonds is 2. The van der Waals surface area contributed by atoms with Gasteiger partial charge in [0.2, 0.25) is 0 Å². The Morgan fingerprint density at radius 3 is 2.84 bits per heavy atom. The highest BCUT2D eigenvalue weighted by atomic mass is 15.3. The second-order valence-corrected chi connectivity index (χ2v) is 5.69. The van der Waals surface area contributed by atoms with Crippen LogP contribution in [-0.4, -0.2) is 9.78 Å². The van der Waals surface area contributed by atoms with Gasteiger partial charge in [-0.1, -0.05) is 32.0 Å². The highest BCUT2D eigenvalue weighted by molar-refractivity contribution is 5.43. The van der Waals surface area contributed by atoms with Crippen molar-refractivity contribution in [1.29, 1.82) is 0 Å². The molecular weight excluding hydrogens is 234 g/mol. The molecule has 1 aliphatic rings. The number of nitrogens with two attached hydrogens (primary N) is 1. The van der Waals surface area contributed by atoms with Crippen LogP contribution < -0.4 is 5.73 Å². The van der Waals surface area contributed by atoms with Crippen molar-refractivity contribution in [3.63, 3.8) is 0 Å². The fourth-order valence-corrected chi connectivity index (χ4v) is 2.88. The summed E-state index contributed by atoms with van der Waals surface area (Å²) in [7, 11) is 0. The summed E-state index contributed by atoms with van der Waals surface area (Å²) >= 11 is 0. The van der Waals surface area contributed by atoms with Gasteiger partial charge in [-0.25, -0.2) is 4.68 Å². The molecule has 0 saturated heterocycles. The summed E-state index contributed by atoms with van der Waals surface area (Å²) in [5.41, 5.74) is 11.1. The van der Waals surface area contributed by atoms with Gasteiger partial charge >= 0.3 is 0 Å². The number of para-hydroxylation sites is 1. The molecule has 0 aliphatic heterocycles. The SMILES string of the molecule is CC(C)c1ccccc1-n1cc2c(n1)CCCC2N. The third-order valence-electron chi connectivity index (χ3n) is 3.96. The van der Waals surface area contributed by atoms with Crippen LogP contribution in [0.1, 0.15) is 55.5 Å². The van der Waals surface area contributed by atoms with Gasteiger partial charge in [0.1, 0.15) is 0 Å². The summed E-state index contributed by atoms with van der Waals surface area (Å²) in [6.45, 7) is 4.43. The Morgan fingerprint density at radius 2 is 2.11 bits per heavy atom. The number of aryl methyl sites for hydroxylation is 1. The zero-order valence-electron chi connectivity index (χ0n) is 11.6. The van der Waals surface area contributed by atoms with Gasteiger partial charge in [0.15, 0.2) is 0 Å². The number of hydrogen-bond donors (Lipinski definition) is 1. The van der Waals surface area contributed by atoms with Gasteiger partial charge in [-0.2, -0.15) is 5.10 Å². The maximum absolute atomic E-state index is 6.18. The van der Waals surface area contributed by atoms with E-state index >= 15 is 0 Å². The smallest absolute Gasteiger partial charge is 0.0680 e. The summed E-state index contributed by atoms with van der Waals surface area (Å²) in [5, 5.41) is 4.75. The van der Waals surface area contributed by atoms with E-state index < -0.39 is 0 Å². The molecule has 3 heteroatoms. The first-order valence-corrected chi connectivity index (χ1v) is 7.10. The second-order valence-electron chi connectivity index (χ2n) is 5.69. The average Bonchev–Trinajstić information content (AvgIpc) is 2.84. The van der Waals surface area contributed by atoms with Crippen LogP contribution in [0.4, 0.5) is 0 Å². The molecule has 3 rings (SSSR count). The van der Waals surface area contributed by atoms with Gasteiger partial charge in [0.25, 0.3) is 0 Å². The lowest BCUT2D eigenvalue weighted by molar-refractivity contribution is 0.566. The molecule has 0 saturated carbocycles. The van der Waals surface area contributed by atoms with E-state index in [1.54, 1.807) is 0 Å². The van der Waals surface area contributed by atoms with E-state index in [2.05, 4.69) is 44.3 Å². The Morgan fingerprint density at radius 1 is 1.32 bits per heavy atom. The topological polar surface area (TPSA) is 43.8 Å². The molecule has 19 heavy (non-hydrogen) atoms. The zero-order valence-corrected chi connectivity index (χ0v) is 11.6. The van der Waals surface area contributed by atoms with Crippen LogP contribution in [0.3, 0.4) is 0 Å². The number of hydrogen-bond acceptors (Lipinski definition) is 2. The van der Waals surface area contributed by atoms with E-state index in [1.807, 2.05) is 4.68 Å². The maximum Gasteiger partial charge on any atom is 0.0680 e. The Hall–Kier alpha value is -1.61. The van der Waals surface area contributed by atoms with Crippen molar-refractivity contribution in [2.75, 3.05) is 0 Å². The molecule has 0 bridgehead atoms. The van der Waals surface area contributed by atoms with Crippen LogP contribution >= 0.6 is 0 Å². The van der Waals surface area contributed by atoms with E-state index in [9.17, 15) is 0 Å². The number of aromatic nitrogens is 2. The molecule has 3 nitrogen and oxygen atoms in total. The van der Waals surface area contributed by atoms with Crippen molar-refractivity contribution in [3.05, 3.63) is 47.3 Å². The predicted molar refractivity (Wildman–Crippen MR) is 77.5 cm³/mol. The predicted octanol–water partition coefficient (Wildman–Crippen LogP) is 3.33. The molecule has 1 aromatic heterocycles. The van der Waals surface area contributed by atoms with Gasteiger partial charge in [-0.05, 0) is 36.8 Å². The van der Waals surface area contributed by atoms with E-state index in [0.717, 1.165) is 19.3 Å². The number of benzene rings is 1. The second kappa shape index (κ2) is 4.82. The molecule has 2 aromatic rings. The summed E-state index contributed by atoms with van der Waals surface area (Å²) in [6, 6.07) is 8.64. The van der Waals surface area contributed by atoms with E-state index in [4.69, 9.17) is 10.8 Å². The molecule has 0 spiro atoms. The third-order valence-corrected chi connectivity index (χ3v) is 3.96. The Labute approximate surface area is 114 Å².